The van der Waals surface area contributed by atoms with E-state index in [-0.39, 0.29) is 11.5 Å². The van der Waals surface area contributed by atoms with Crippen molar-refractivity contribution in [3.8, 4) is 0 Å². The number of anilines is 1. The summed E-state index contributed by atoms with van der Waals surface area (Å²) in [6, 6.07) is 6.54. The minimum atomic E-state index is -3.74. The van der Waals surface area contributed by atoms with Crippen LogP contribution in [-0.4, -0.2) is 18.1 Å². The van der Waals surface area contributed by atoms with Crippen molar-refractivity contribution in [1.29, 1.82) is 0 Å². The first-order valence-corrected chi connectivity index (χ1v) is 8.32. The zero-order chi connectivity index (χ0) is 15.6. The van der Waals surface area contributed by atoms with E-state index in [0.717, 1.165) is 5.56 Å². The molecule has 0 amide bonds. The number of aryl methyl sites for hydroxylation is 2. The molecule has 0 saturated carbocycles. The van der Waals surface area contributed by atoms with E-state index in [2.05, 4.69) is 4.72 Å². The summed E-state index contributed by atoms with van der Waals surface area (Å²) in [6.45, 7) is 4.12. The van der Waals surface area contributed by atoms with Crippen molar-refractivity contribution in [2.45, 2.75) is 31.9 Å². The Morgan fingerprint density at radius 2 is 2.05 bits per heavy atom. The lowest BCUT2D eigenvalue weighted by Gasteiger charge is -2.08. The van der Waals surface area contributed by atoms with Gasteiger partial charge in [0.25, 0.3) is 10.0 Å². The highest BCUT2D eigenvalue weighted by molar-refractivity contribution is 7.92. The van der Waals surface area contributed by atoms with Crippen LogP contribution in [0.25, 0.3) is 0 Å². The summed E-state index contributed by atoms with van der Waals surface area (Å²) >= 11 is 6.04. The van der Waals surface area contributed by atoms with Gasteiger partial charge in [0, 0.05) is 18.4 Å². The number of benzene rings is 1. The van der Waals surface area contributed by atoms with Crippen LogP contribution in [0.2, 0.25) is 5.02 Å². The molecule has 1 aromatic carbocycles. The van der Waals surface area contributed by atoms with E-state index in [9.17, 15) is 13.5 Å². The van der Waals surface area contributed by atoms with Crippen LogP contribution in [-0.2, 0) is 23.2 Å². The van der Waals surface area contributed by atoms with Crippen LogP contribution < -0.4 is 4.72 Å². The zero-order valence-electron chi connectivity index (χ0n) is 11.8. The number of sulfonamides is 1. The number of hydrogen-bond donors (Lipinski definition) is 2. The van der Waals surface area contributed by atoms with Gasteiger partial charge in [0.05, 0.1) is 17.3 Å². The molecule has 0 unspecified atom stereocenters. The van der Waals surface area contributed by atoms with Gasteiger partial charge in [0.2, 0.25) is 0 Å². The number of hydrogen-bond acceptors (Lipinski definition) is 3. The van der Waals surface area contributed by atoms with Crippen LogP contribution in [0, 0.1) is 6.92 Å². The topological polar surface area (TPSA) is 71.3 Å². The van der Waals surface area contributed by atoms with Crippen molar-refractivity contribution >= 4 is 27.3 Å². The fraction of sp³-hybridized carbons (Fsp3) is 0.286. The van der Waals surface area contributed by atoms with Crippen molar-refractivity contribution in [3.63, 3.8) is 0 Å². The van der Waals surface area contributed by atoms with Gasteiger partial charge >= 0.3 is 0 Å². The van der Waals surface area contributed by atoms with Crippen LogP contribution in [0.15, 0.2) is 35.4 Å². The van der Waals surface area contributed by atoms with E-state index in [0.29, 0.717) is 22.9 Å². The van der Waals surface area contributed by atoms with E-state index >= 15 is 0 Å². The predicted molar refractivity (Wildman–Crippen MR) is 83.0 cm³/mol. The number of halogens is 1. The molecule has 21 heavy (non-hydrogen) atoms. The van der Waals surface area contributed by atoms with Gasteiger partial charge in [-0.25, -0.2) is 8.42 Å². The maximum atomic E-state index is 12.4. The van der Waals surface area contributed by atoms with Gasteiger partial charge in [-0.3, -0.25) is 4.72 Å². The Kier molecular flexibility index (Phi) is 4.61. The third kappa shape index (κ3) is 3.40. The Balaban J connectivity index is 2.36. The summed E-state index contributed by atoms with van der Waals surface area (Å²) in [5.74, 6) is 0. The number of aliphatic hydroxyl groups excluding tert-OH is 1. The van der Waals surface area contributed by atoms with Crippen molar-refractivity contribution < 1.29 is 13.5 Å². The monoisotopic (exact) mass is 328 g/mol. The molecule has 2 aromatic rings. The fourth-order valence-corrected chi connectivity index (χ4v) is 3.49. The molecule has 0 radical (unpaired) electrons. The van der Waals surface area contributed by atoms with E-state index in [4.69, 9.17) is 11.6 Å². The normalized spacial score (nSPS) is 11.6. The van der Waals surface area contributed by atoms with E-state index in [1.165, 1.54) is 12.3 Å². The Bertz CT molecular complexity index is 732. The Hall–Kier alpha value is -1.50. The summed E-state index contributed by atoms with van der Waals surface area (Å²) in [6.07, 6.45) is 1.50. The first-order chi connectivity index (χ1) is 9.87. The average Bonchev–Trinajstić information content (AvgIpc) is 2.86. The minimum Gasteiger partial charge on any atom is -0.390 e. The number of aliphatic hydroxyl groups is 1. The standard InChI is InChI=1S/C14H17ClN2O3S/c1-3-17-8-12(7-11(17)9-18)21(19,20)16-14-5-4-10(2)6-13(14)15/h4-8,16,18H,3,9H2,1-2H3. The second kappa shape index (κ2) is 6.09. The molecule has 0 aliphatic carbocycles. The van der Waals surface area contributed by atoms with Gasteiger partial charge in [0.1, 0.15) is 4.90 Å². The third-order valence-corrected chi connectivity index (χ3v) is 4.79. The van der Waals surface area contributed by atoms with Crippen LogP contribution >= 0.6 is 11.6 Å². The molecule has 1 aromatic heterocycles. The van der Waals surface area contributed by atoms with E-state index in [1.54, 1.807) is 22.8 Å². The fourth-order valence-electron chi connectivity index (χ4n) is 2.01. The summed E-state index contributed by atoms with van der Waals surface area (Å²) in [5.41, 5.74) is 1.83. The maximum Gasteiger partial charge on any atom is 0.263 e. The Morgan fingerprint density at radius 1 is 1.33 bits per heavy atom. The first kappa shape index (κ1) is 15.9. The van der Waals surface area contributed by atoms with Crippen molar-refractivity contribution in [3.05, 3.63) is 46.7 Å². The van der Waals surface area contributed by atoms with Gasteiger partial charge in [-0.15, -0.1) is 0 Å². The molecular formula is C14H17ClN2O3S. The van der Waals surface area contributed by atoms with E-state index < -0.39 is 10.0 Å². The average molecular weight is 329 g/mol. The quantitative estimate of drug-likeness (QED) is 0.886. The second-order valence-corrected chi connectivity index (χ2v) is 6.79. The highest BCUT2D eigenvalue weighted by atomic mass is 35.5. The first-order valence-electron chi connectivity index (χ1n) is 6.46. The predicted octanol–water partition coefficient (Wildman–Crippen LogP) is 2.76. The lowest BCUT2D eigenvalue weighted by atomic mass is 10.2. The van der Waals surface area contributed by atoms with Crippen LogP contribution in [0.3, 0.4) is 0 Å². The number of nitrogens with one attached hydrogen (secondary N) is 1. The summed E-state index contributed by atoms with van der Waals surface area (Å²) in [5, 5.41) is 9.58. The molecule has 0 bridgehead atoms. The largest absolute Gasteiger partial charge is 0.390 e. The highest BCUT2D eigenvalue weighted by Crippen LogP contribution is 2.26. The summed E-state index contributed by atoms with van der Waals surface area (Å²) < 4.78 is 28.9. The SMILES string of the molecule is CCn1cc(S(=O)(=O)Nc2ccc(C)cc2Cl)cc1CO. The molecule has 5 nitrogen and oxygen atoms in total. The van der Waals surface area contributed by atoms with Crippen molar-refractivity contribution in [2.24, 2.45) is 0 Å². The molecule has 0 fully saturated rings. The minimum absolute atomic E-state index is 0.102. The third-order valence-electron chi connectivity index (χ3n) is 3.14. The van der Waals surface area contributed by atoms with Crippen molar-refractivity contribution in [1.82, 2.24) is 4.57 Å². The van der Waals surface area contributed by atoms with Crippen molar-refractivity contribution in [2.75, 3.05) is 4.72 Å². The van der Waals surface area contributed by atoms with Gasteiger partial charge in [-0.05, 0) is 37.6 Å². The molecule has 2 N–H and O–H groups in total. The number of nitrogens with zero attached hydrogens (tertiary/aromatic N) is 1. The molecule has 7 heteroatoms. The molecule has 0 aliphatic rings. The smallest absolute Gasteiger partial charge is 0.263 e. The molecule has 0 spiro atoms. The maximum absolute atomic E-state index is 12.4. The second-order valence-electron chi connectivity index (χ2n) is 4.70. The molecule has 0 atom stereocenters. The molecule has 114 valence electrons. The number of aromatic nitrogens is 1. The van der Waals surface area contributed by atoms with Crippen LogP contribution in [0.5, 0.6) is 0 Å². The lowest BCUT2D eigenvalue weighted by molar-refractivity contribution is 0.271. The van der Waals surface area contributed by atoms with Crippen LogP contribution in [0.4, 0.5) is 5.69 Å². The van der Waals surface area contributed by atoms with Gasteiger partial charge < -0.3 is 9.67 Å². The Labute approximate surface area is 129 Å². The van der Waals surface area contributed by atoms with E-state index in [1.807, 2.05) is 13.8 Å². The van der Waals surface area contributed by atoms with Crippen LogP contribution in [0.1, 0.15) is 18.2 Å². The molecule has 0 saturated heterocycles. The van der Waals surface area contributed by atoms with Gasteiger partial charge in [-0.2, -0.15) is 0 Å². The summed E-state index contributed by atoms with van der Waals surface area (Å²) in [4.78, 5) is 0.102. The molecular weight excluding hydrogens is 312 g/mol. The Morgan fingerprint density at radius 3 is 2.57 bits per heavy atom. The lowest BCUT2D eigenvalue weighted by Crippen LogP contribution is -2.12. The number of rotatable bonds is 5. The molecule has 1 heterocycles. The van der Waals surface area contributed by atoms with Gasteiger partial charge in [0.15, 0.2) is 0 Å². The molecule has 0 aliphatic heterocycles. The highest BCUT2D eigenvalue weighted by Gasteiger charge is 2.19. The summed E-state index contributed by atoms with van der Waals surface area (Å²) in [7, 11) is -3.74. The molecule has 2 rings (SSSR count). The van der Waals surface area contributed by atoms with Gasteiger partial charge in [-0.1, -0.05) is 17.7 Å². The zero-order valence-corrected chi connectivity index (χ0v) is 13.4.